The van der Waals surface area contributed by atoms with Gasteiger partial charge in [-0.15, -0.1) is 6.07 Å². The predicted molar refractivity (Wildman–Crippen MR) is 42.8 cm³/mol. The zero-order valence-electron chi connectivity index (χ0n) is 7.13. The Bertz CT molecular complexity index is 230. The number of methoxy groups -OCH3 is 1. The van der Waals surface area contributed by atoms with Crippen LogP contribution in [0.2, 0.25) is 5.02 Å². The summed E-state index contributed by atoms with van der Waals surface area (Å²) in [5.41, 5.74) is 0. The molecule has 60 valence electrons. The number of hydrogen-bond acceptors (Lipinski definition) is 2. The van der Waals surface area contributed by atoms with E-state index in [1.54, 1.807) is 25.3 Å². The normalized spacial score (nSPS) is 8.83. The van der Waals surface area contributed by atoms with Gasteiger partial charge in [-0.1, -0.05) is 0 Å². The van der Waals surface area contributed by atoms with Crippen LogP contribution in [0, 0.1) is 6.07 Å². The maximum Gasteiger partial charge on any atom is 1.00 e. The molecule has 1 rings (SSSR count). The van der Waals surface area contributed by atoms with Crippen LogP contribution in [0.15, 0.2) is 18.2 Å². The summed E-state index contributed by atoms with van der Waals surface area (Å²) in [7, 11) is 1.55. The molecular weight excluding hydrogens is 170 g/mol. The van der Waals surface area contributed by atoms with Crippen LogP contribution in [0.25, 0.3) is 0 Å². The molecule has 0 amide bonds. The van der Waals surface area contributed by atoms with Crippen molar-refractivity contribution < 1.29 is 28.3 Å². The van der Waals surface area contributed by atoms with Crippen LogP contribution in [0.1, 0.15) is 0 Å². The van der Waals surface area contributed by atoms with Crippen molar-refractivity contribution in [2.75, 3.05) is 13.9 Å². The van der Waals surface area contributed by atoms with Gasteiger partial charge in [-0.3, -0.25) is 0 Å². The van der Waals surface area contributed by atoms with Gasteiger partial charge in [0.15, 0.2) is 6.79 Å². The summed E-state index contributed by atoms with van der Waals surface area (Å²) in [6.07, 6.45) is 0. The molecule has 4 heteroatoms. The van der Waals surface area contributed by atoms with E-state index in [-0.39, 0.29) is 25.7 Å². The summed E-state index contributed by atoms with van der Waals surface area (Å²) in [4.78, 5) is 0. The van der Waals surface area contributed by atoms with Gasteiger partial charge in [0, 0.05) is 12.9 Å². The van der Waals surface area contributed by atoms with Crippen LogP contribution in [-0.2, 0) is 4.74 Å². The maximum atomic E-state index is 5.75. The minimum atomic E-state index is 0. The van der Waals surface area contributed by atoms with Gasteiger partial charge in [0.1, 0.15) is 0 Å². The molecule has 0 spiro atoms. The minimum Gasteiger partial charge on any atom is -0.492 e. The van der Waals surface area contributed by atoms with E-state index in [1.165, 1.54) is 0 Å². The van der Waals surface area contributed by atoms with E-state index in [1.807, 2.05) is 0 Å². The van der Waals surface area contributed by atoms with Crippen molar-refractivity contribution in [1.82, 2.24) is 0 Å². The molecule has 0 atom stereocenters. The van der Waals surface area contributed by atoms with Crippen LogP contribution < -0.4 is 23.6 Å². The van der Waals surface area contributed by atoms with Gasteiger partial charge in [0.25, 0.3) is 0 Å². The Hall–Kier alpha value is -0.133. The SMILES string of the molecule is COCOc1[c-]cccc1Cl.[Li+]. The van der Waals surface area contributed by atoms with Crippen molar-refractivity contribution in [1.29, 1.82) is 0 Å². The monoisotopic (exact) mass is 178 g/mol. The maximum absolute atomic E-state index is 5.75. The van der Waals surface area contributed by atoms with Gasteiger partial charge in [-0.25, -0.2) is 0 Å². The zero-order valence-corrected chi connectivity index (χ0v) is 7.89. The molecule has 0 aliphatic carbocycles. The molecule has 0 bridgehead atoms. The summed E-state index contributed by atoms with van der Waals surface area (Å²) < 4.78 is 9.78. The summed E-state index contributed by atoms with van der Waals surface area (Å²) in [6.45, 7) is 0.195. The fraction of sp³-hybridized carbons (Fsp3) is 0.250. The third kappa shape index (κ3) is 3.51. The Morgan fingerprint density at radius 2 is 2.33 bits per heavy atom. The summed E-state index contributed by atoms with van der Waals surface area (Å²) in [5, 5.41) is 0.546. The molecule has 1 aromatic rings. The molecule has 0 saturated carbocycles. The van der Waals surface area contributed by atoms with Crippen LogP contribution >= 0.6 is 11.6 Å². The smallest absolute Gasteiger partial charge is 0.492 e. The second kappa shape index (κ2) is 6.39. The second-order valence-corrected chi connectivity index (χ2v) is 2.31. The van der Waals surface area contributed by atoms with Crippen LogP contribution in [0.4, 0.5) is 0 Å². The number of rotatable bonds is 3. The van der Waals surface area contributed by atoms with Crippen LogP contribution in [0.5, 0.6) is 5.75 Å². The third-order valence-corrected chi connectivity index (χ3v) is 1.39. The predicted octanol–water partition coefficient (Wildman–Crippen LogP) is -0.873. The average Bonchev–Trinajstić information content (AvgIpc) is 2.03. The van der Waals surface area contributed by atoms with E-state index >= 15 is 0 Å². The molecule has 0 aromatic heterocycles. The van der Waals surface area contributed by atoms with Crippen molar-refractivity contribution >= 4 is 11.6 Å². The second-order valence-electron chi connectivity index (χ2n) is 1.90. The largest absolute Gasteiger partial charge is 1.00 e. The Labute approximate surface area is 89.0 Å². The van der Waals surface area contributed by atoms with E-state index in [9.17, 15) is 0 Å². The topological polar surface area (TPSA) is 18.5 Å². The summed E-state index contributed by atoms with van der Waals surface area (Å²) >= 11 is 5.75. The molecule has 0 radical (unpaired) electrons. The van der Waals surface area contributed by atoms with E-state index < -0.39 is 0 Å². The molecule has 0 N–H and O–H groups in total. The van der Waals surface area contributed by atoms with Gasteiger partial charge in [-0.05, 0) is 5.02 Å². The van der Waals surface area contributed by atoms with Gasteiger partial charge in [-0.2, -0.15) is 29.8 Å². The summed E-state index contributed by atoms with van der Waals surface area (Å²) in [6, 6.07) is 8.10. The molecule has 12 heavy (non-hydrogen) atoms. The third-order valence-electron chi connectivity index (χ3n) is 1.09. The van der Waals surface area contributed by atoms with Gasteiger partial charge in [0.2, 0.25) is 0 Å². The molecule has 1 aromatic carbocycles. The molecule has 0 aliphatic heterocycles. The van der Waals surface area contributed by atoms with E-state index in [4.69, 9.17) is 21.1 Å². The first kappa shape index (κ1) is 11.9. The van der Waals surface area contributed by atoms with E-state index in [0.29, 0.717) is 10.8 Å². The van der Waals surface area contributed by atoms with Gasteiger partial charge >= 0.3 is 18.9 Å². The number of ether oxygens (including phenoxy) is 2. The molecule has 0 heterocycles. The first-order valence-corrected chi connectivity index (χ1v) is 3.50. The summed E-state index contributed by atoms with van der Waals surface area (Å²) in [5.74, 6) is 0.524. The molecular formula is C8H8ClLiO2. The Morgan fingerprint density at radius 3 is 2.92 bits per heavy atom. The van der Waals surface area contributed by atoms with Crippen LogP contribution in [-0.4, -0.2) is 13.9 Å². The molecule has 0 saturated heterocycles. The van der Waals surface area contributed by atoms with Crippen molar-refractivity contribution in [2.24, 2.45) is 0 Å². The molecule has 0 aliphatic rings. The number of benzene rings is 1. The standard InChI is InChI=1S/C8H8ClO2.Li/c1-10-6-11-8-5-3-2-4-7(8)9;/h2-4H,6H2,1H3;/q-1;+1. The van der Waals surface area contributed by atoms with E-state index in [0.717, 1.165) is 0 Å². The fourth-order valence-corrected chi connectivity index (χ4v) is 0.811. The Balaban J connectivity index is 0.00000121. The van der Waals surface area contributed by atoms with Crippen molar-refractivity contribution in [3.63, 3.8) is 0 Å². The molecule has 0 unspecified atom stereocenters. The van der Waals surface area contributed by atoms with Crippen molar-refractivity contribution in [3.05, 3.63) is 29.3 Å². The molecule has 0 fully saturated rings. The number of halogens is 1. The Kier molecular flexibility index (Phi) is 6.32. The van der Waals surface area contributed by atoms with Crippen molar-refractivity contribution in [3.8, 4) is 5.75 Å². The minimum absolute atomic E-state index is 0. The fourth-order valence-electron chi connectivity index (χ4n) is 0.629. The first-order chi connectivity index (χ1) is 5.34. The van der Waals surface area contributed by atoms with Crippen molar-refractivity contribution in [2.45, 2.75) is 0 Å². The average molecular weight is 179 g/mol. The quantitative estimate of drug-likeness (QED) is 0.340. The molecule has 2 nitrogen and oxygen atoms in total. The zero-order chi connectivity index (χ0) is 8.10. The van der Waals surface area contributed by atoms with Gasteiger partial charge < -0.3 is 9.47 Å². The first-order valence-electron chi connectivity index (χ1n) is 3.12. The van der Waals surface area contributed by atoms with E-state index in [2.05, 4.69) is 6.07 Å². The number of para-hydroxylation sites is 1. The number of hydrogen-bond donors (Lipinski definition) is 0. The van der Waals surface area contributed by atoms with Crippen LogP contribution in [0.3, 0.4) is 0 Å². The Morgan fingerprint density at radius 1 is 1.58 bits per heavy atom. The van der Waals surface area contributed by atoms with Gasteiger partial charge in [0.05, 0.1) is 0 Å².